The molecule has 4 aliphatic rings. The number of carbonyl (C=O) groups excluding carboxylic acids is 2. The van der Waals surface area contributed by atoms with Gasteiger partial charge in [-0.3, -0.25) is 34.2 Å². The van der Waals surface area contributed by atoms with Crippen LogP contribution in [-0.4, -0.2) is 49.5 Å². The maximum atomic E-state index is 13.5. The molecule has 3 aromatic rings. The minimum atomic E-state index is -1.25. The second-order valence-corrected chi connectivity index (χ2v) is 13.6. The Bertz CT molecular complexity index is 1720. The molecule has 2 bridgehead atoms. The number of likely N-dealkylation sites (tertiary alicyclic amines) is 1. The molecule has 7 atom stereocenters. The predicted octanol–water partition coefficient (Wildman–Crippen LogP) is 3.79. The number of nitro groups is 1. The number of ether oxygens (including phenoxy) is 1. The van der Waals surface area contributed by atoms with Crippen LogP contribution in [0.15, 0.2) is 52.3 Å². The lowest BCUT2D eigenvalue weighted by Crippen LogP contribution is -2.42. The lowest BCUT2D eigenvalue weighted by Gasteiger charge is -2.43. The van der Waals surface area contributed by atoms with Gasteiger partial charge in [0.2, 0.25) is 11.8 Å². The number of nitrogens with one attached hydrogen (secondary N) is 1. The third-order valence-electron chi connectivity index (χ3n) is 9.16. The zero-order valence-electron chi connectivity index (χ0n) is 22.2. The SMILES string of the molecule is Cc1ccc(COc2ccc([N+](=O)[O-])cc2[C@H]2c3sc(=O)[nH]c3SC3C4CC(C5C(=O)N(CC(=O)O)C(=O)C45)C32)cc1. The highest BCUT2D eigenvalue weighted by Gasteiger charge is 2.69. The molecule has 6 unspecified atom stereocenters. The van der Waals surface area contributed by atoms with Crippen molar-refractivity contribution in [3.05, 3.63) is 83.8 Å². The standard InChI is InChI=1S/C29H25N3O8S2/c1-12-2-4-13(5-3-12)11-40-18-7-6-14(32(38)39)8-15(18)20-21-16-9-17(24(21)41-26-25(20)42-29(37)30-26)23-22(16)27(35)31(28(23)36)10-19(33)34/h2-8,16-17,20-24H,9-11H2,1H3,(H,30,37)(H,33,34)/t16?,17?,20-,21?,22?,23?,24?/m1/s1. The summed E-state index contributed by atoms with van der Waals surface area (Å²) in [5.74, 6) is -4.13. The summed E-state index contributed by atoms with van der Waals surface area (Å²) in [6.45, 7) is 1.54. The highest BCUT2D eigenvalue weighted by Crippen LogP contribution is 2.69. The lowest BCUT2D eigenvalue weighted by atomic mass is 9.68. The number of nitrogens with zero attached hydrogens (tertiary/aromatic N) is 2. The number of rotatable bonds is 7. The van der Waals surface area contributed by atoms with Crippen molar-refractivity contribution in [2.75, 3.05) is 6.54 Å². The third kappa shape index (κ3) is 4.09. The maximum Gasteiger partial charge on any atom is 0.323 e. The van der Waals surface area contributed by atoms with E-state index in [1.54, 1.807) is 6.07 Å². The fraction of sp³-hybridized carbons (Fsp3) is 0.379. The first-order chi connectivity index (χ1) is 20.1. The summed E-state index contributed by atoms with van der Waals surface area (Å²) in [7, 11) is 0. The van der Waals surface area contributed by atoms with Crippen LogP contribution in [0.3, 0.4) is 0 Å². The summed E-state index contributed by atoms with van der Waals surface area (Å²) < 4.78 is 6.28. The highest BCUT2D eigenvalue weighted by atomic mass is 32.2. The Morgan fingerprint density at radius 3 is 2.52 bits per heavy atom. The van der Waals surface area contributed by atoms with Crippen LogP contribution in [0.2, 0.25) is 0 Å². The molecular weight excluding hydrogens is 582 g/mol. The molecule has 1 aromatic heterocycles. The molecule has 2 aliphatic heterocycles. The number of nitro benzene ring substituents is 1. The first-order valence-corrected chi connectivity index (χ1v) is 15.3. The number of aryl methyl sites for hydroxylation is 1. The number of carbonyl (C=O) groups is 3. The molecular formula is C29H25N3O8S2. The van der Waals surface area contributed by atoms with Gasteiger partial charge in [0.1, 0.15) is 18.9 Å². The quantitative estimate of drug-likeness (QED) is 0.231. The summed E-state index contributed by atoms with van der Waals surface area (Å²) in [5, 5.41) is 21.7. The summed E-state index contributed by atoms with van der Waals surface area (Å²) >= 11 is 2.53. The van der Waals surface area contributed by atoms with Crippen LogP contribution in [-0.2, 0) is 21.0 Å². The molecule has 2 N–H and O–H groups in total. The number of thioether (sulfide) groups is 1. The number of fused-ring (bicyclic) bond motifs is 9. The first-order valence-electron chi connectivity index (χ1n) is 13.6. The molecule has 1 saturated heterocycles. The number of aromatic amines is 1. The van der Waals surface area contributed by atoms with Crippen LogP contribution in [0.4, 0.5) is 5.69 Å². The number of carboxylic acid groups (broad SMARTS) is 1. The van der Waals surface area contributed by atoms with Crippen LogP contribution in [0.1, 0.15) is 33.9 Å². The normalized spacial score (nSPS) is 28.9. The van der Waals surface area contributed by atoms with Gasteiger partial charge < -0.3 is 14.8 Å². The van der Waals surface area contributed by atoms with Gasteiger partial charge in [0.05, 0.1) is 21.8 Å². The first kappa shape index (κ1) is 26.9. The van der Waals surface area contributed by atoms with Crippen molar-refractivity contribution in [1.82, 2.24) is 9.88 Å². The van der Waals surface area contributed by atoms with E-state index in [4.69, 9.17) is 4.74 Å². The number of thiazole rings is 1. The monoisotopic (exact) mass is 607 g/mol. The minimum absolute atomic E-state index is 0.118. The van der Waals surface area contributed by atoms with Gasteiger partial charge >= 0.3 is 10.8 Å². The van der Waals surface area contributed by atoms with Gasteiger partial charge in [0.25, 0.3) is 5.69 Å². The summed E-state index contributed by atoms with van der Waals surface area (Å²) in [6.07, 6.45) is 0.611. The molecule has 42 heavy (non-hydrogen) atoms. The smallest absolute Gasteiger partial charge is 0.323 e. The highest BCUT2D eigenvalue weighted by molar-refractivity contribution is 8.00. The molecule has 3 fully saturated rings. The lowest BCUT2D eigenvalue weighted by molar-refractivity contribution is -0.385. The van der Waals surface area contributed by atoms with Crippen LogP contribution < -0.4 is 9.61 Å². The minimum Gasteiger partial charge on any atom is -0.489 e. The van der Waals surface area contributed by atoms with Crippen molar-refractivity contribution in [3.63, 3.8) is 0 Å². The maximum absolute atomic E-state index is 13.5. The van der Waals surface area contributed by atoms with E-state index in [2.05, 4.69) is 4.98 Å². The molecule has 2 saturated carbocycles. The largest absolute Gasteiger partial charge is 0.489 e. The van der Waals surface area contributed by atoms with Crippen molar-refractivity contribution in [2.45, 2.75) is 36.1 Å². The van der Waals surface area contributed by atoms with Gasteiger partial charge in [-0.1, -0.05) is 41.2 Å². The summed E-state index contributed by atoms with van der Waals surface area (Å²) in [5.41, 5.74) is 2.47. The number of H-pyrrole nitrogens is 1. The molecule has 0 radical (unpaired) electrons. The zero-order chi connectivity index (χ0) is 29.4. The second kappa shape index (κ2) is 9.80. The van der Waals surface area contributed by atoms with E-state index in [0.717, 1.165) is 32.2 Å². The Labute approximate surface area is 247 Å². The number of aliphatic carboxylic acids is 1. The van der Waals surface area contributed by atoms with Crippen LogP contribution in [0.25, 0.3) is 0 Å². The van der Waals surface area contributed by atoms with Gasteiger partial charge in [0.15, 0.2) is 0 Å². The number of carboxylic acids is 1. The average molecular weight is 608 g/mol. The molecule has 7 rings (SSSR count). The van der Waals surface area contributed by atoms with Crippen LogP contribution in [0.5, 0.6) is 5.75 Å². The Morgan fingerprint density at radius 1 is 1.12 bits per heavy atom. The molecule has 2 amide bonds. The Hall–Kier alpha value is -3.97. The van der Waals surface area contributed by atoms with Gasteiger partial charge in [-0.25, -0.2) is 0 Å². The fourth-order valence-corrected chi connectivity index (χ4v) is 10.5. The van der Waals surface area contributed by atoms with E-state index in [1.165, 1.54) is 23.9 Å². The van der Waals surface area contributed by atoms with E-state index < -0.39 is 47.0 Å². The Morgan fingerprint density at radius 2 is 1.83 bits per heavy atom. The topological polar surface area (TPSA) is 160 Å². The van der Waals surface area contributed by atoms with Gasteiger partial charge in [-0.05, 0) is 42.7 Å². The summed E-state index contributed by atoms with van der Waals surface area (Å²) in [6, 6.07) is 12.3. The van der Waals surface area contributed by atoms with Crippen molar-refractivity contribution in [3.8, 4) is 5.75 Å². The van der Waals surface area contributed by atoms with E-state index in [1.807, 2.05) is 31.2 Å². The zero-order valence-corrected chi connectivity index (χ0v) is 23.9. The van der Waals surface area contributed by atoms with Crippen LogP contribution in [0, 0.1) is 46.6 Å². The number of hydrogen-bond acceptors (Lipinski definition) is 9. The molecule has 11 nitrogen and oxygen atoms in total. The number of hydrogen-bond donors (Lipinski definition) is 2. The molecule has 3 heterocycles. The summed E-state index contributed by atoms with van der Waals surface area (Å²) in [4.78, 5) is 66.5. The van der Waals surface area contributed by atoms with Crippen molar-refractivity contribution >= 4 is 46.6 Å². The molecule has 2 aliphatic carbocycles. The van der Waals surface area contributed by atoms with Crippen molar-refractivity contribution < 1.29 is 29.2 Å². The number of imide groups is 1. The predicted molar refractivity (Wildman–Crippen MR) is 151 cm³/mol. The molecule has 13 heteroatoms. The molecule has 2 aromatic carbocycles. The molecule has 0 spiro atoms. The van der Waals surface area contributed by atoms with E-state index in [-0.39, 0.29) is 40.2 Å². The second-order valence-electron chi connectivity index (χ2n) is 11.4. The van der Waals surface area contributed by atoms with Crippen molar-refractivity contribution in [1.29, 1.82) is 0 Å². The van der Waals surface area contributed by atoms with E-state index >= 15 is 0 Å². The van der Waals surface area contributed by atoms with Gasteiger partial charge in [-0.15, -0.1) is 11.8 Å². The average Bonchev–Trinajstić information content (AvgIpc) is 3.68. The van der Waals surface area contributed by atoms with Crippen LogP contribution >= 0.6 is 23.1 Å². The third-order valence-corrected chi connectivity index (χ3v) is 11.8. The Balaban J connectivity index is 1.32. The van der Waals surface area contributed by atoms with E-state index in [9.17, 15) is 34.4 Å². The number of aromatic nitrogens is 1. The van der Waals surface area contributed by atoms with Crippen molar-refractivity contribution in [2.24, 2.45) is 29.6 Å². The number of amides is 2. The number of benzene rings is 2. The fourth-order valence-electron chi connectivity index (χ4n) is 7.59. The Kier molecular flexibility index (Phi) is 6.28. The molecule has 216 valence electrons. The number of non-ortho nitro benzene ring substituents is 1. The van der Waals surface area contributed by atoms with E-state index in [0.29, 0.717) is 22.8 Å². The van der Waals surface area contributed by atoms with Gasteiger partial charge in [-0.2, -0.15) is 0 Å². The van der Waals surface area contributed by atoms with Gasteiger partial charge in [0, 0.05) is 33.7 Å².